The summed E-state index contributed by atoms with van der Waals surface area (Å²) in [6.07, 6.45) is -1.54. The van der Waals surface area contributed by atoms with E-state index in [4.69, 9.17) is 11.6 Å². The average Bonchev–Trinajstić information content (AvgIpc) is 2.88. The van der Waals surface area contributed by atoms with Gasteiger partial charge in [0.15, 0.2) is 5.15 Å². The fraction of sp³-hybridized carbons (Fsp3) is 0.357. The minimum Gasteiger partial charge on any atom is -0.309 e. The van der Waals surface area contributed by atoms with Gasteiger partial charge in [0.1, 0.15) is 5.69 Å². The van der Waals surface area contributed by atoms with Gasteiger partial charge in [-0.25, -0.2) is 4.68 Å². The van der Waals surface area contributed by atoms with Crippen LogP contribution in [0.3, 0.4) is 0 Å². The number of carbonyl (C=O) groups excluding carboxylic acids is 1. The Morgan fingerprint density at radius 1 is 1.43 bits per heavy atom. The van der Waals surface area contributed by atoms with Gasteiger partial charge < -0.3 is 4.90 Å². The highest BCUT2D eigenvalue weighted by Gasteiger charge is 2.30. The summed E-state index contributed by atoms with van der Waals surface area (Å²) < 4.78 is 38.2. The van der Waals surface area contributed by atoms with Crippen LogP contribution in [0, 0.1) is 0 Å². The van der Waals surface area contributed by atoms with Crippen LogP contribution in [0.5, 0.6) is 0 Å². The van der Waals surface area contributed by atoms with E-state index in [0.29, 0.717) is 5.69 Å². The van der Waals surface area contributed by atoms with Crippen molar-refractivity contribution in [3.63, 3.8) is 0 Å². The minimum atomic E-state index is -4.38. The van der Waals surface area contributed by atoms with E-state index in [9.17, 15) is 18.0 Å². The zero-order valence-corrected chi connectivity index (χ0v) is 13.0. The summed E-state index contributed by atoms with van der Waals surface area (Å²) >= 11 is 6.03. The molecule has 0 saturated heterocycles. The van der Waals surface area contributed by atoms with E-state index in [-0.39, 0.29) is 17.4 Å². The molecule has 0 aromatic carbocycles. The largest absolute Gasteiger partial charge is 0.389 e. The second-order valence-corrected chi connectivity index (χ2v) is 5.07. The van der Waals surface area contributed by atoms with Gasteiger partial charge in [-0.15, -0.1) is 0 Å². The summed E-state index contributed by atoms with van der Waals surface area (Å²) in [4.78, 5) is 17.2. The monoisotopic (exact) mass is 346 g/mol. The lowest BCUT2D eigenvalue weighted by molar-refractivity contribution is -0.143. The molecule has 2 aromatic rings. The first-order valence-electron chi connectivity index (χ1n) is 6.84. The molecular weight excluding hydrogens is 333 g/mol. The van der Waals surface area contributed by atoms with Crippen LogP contribution in [0.15, 0.2) is 30.7 Å². The number of pyridine rings is 1. The van der Waals surface area contributed by atoms with E-state index in [1.807, 2.05) is 0 Å². The fourth-order valence-corrected chi connectivity index (χ4v) is 2.24. The lowest BCUT2D eigenvalue weighted by Gasteiger charge is -2.19. The topological polar surface area (TPSA) is 51.0 Å². The normalized spacial score (nSPS) is 11.5. The van der Waals surface area contributed by atoms with Gasteiger partial charge in [-0.2, -0.15) is 18.3 Å². The SMILES string of the molecule is CCN(C(=O)CCC(F)(F)F)c1cn(-c2cccnc2)nc1Cl. The number of carbonyl (C=O) groups is 1. The Morgan fingerprint density at radius 3 is 2.74 bits per heavy atom. The lowest BCUT2D eigenvalue weighted by atomic mass is 10.2. The smallest absolute Gasteiger partial charge is 0.309 e. The Morgan fingerprint density at radius 2 is 2.17 bits per heavy atom. The van der Waals surface area contributed by atoms with Crippen LogP contribution in [0.1, 0.15) is 19.8 Å². The molecule has 5 nitrogen and oxygen atoms in total. The highest BCUT2D eigenvalue weighted by Crippen LogP contribution is 2.28. The van der Waals surface area contributed by atoms with E-state index in [0.717, 1.165) is 0 Å². The van der Waals surface area contributed by atoms with Crippen molar-refractivity contribution in [2.75, 3.05) is 11.4 Å². The average molecular weight is 347 g/mol. The Kier molecular flexibility index (Phi) is 5.25. The Hall–Kier alpha value is -2.09. The van der Waals surface area contributed by atoms with Crippen LogP contribution < -0.4 is 4.90 Å². The summed E-state index contributed by atoms with van der Waals surface area (Å²) in [5, 5.41) is 4.11. The second kappa shape index (κ2) is 6.99. The zero-order valence-electron chi connectivity index (χ0n) is 12.2. The number of halogens is 4. The molecule has 0 aliphatic heterocycles. The number of alkyl halides is 3. The van der Waals surface area contributed by atoms with Crippen molar-refractivity contribution in [3.8, 4) is 5.69 Å². The fourth-order valence-electron chi connectivity index (χ4n) is 2.01. The van der Waals surface area contributed by atoms with Crippen molar-refractivity contribution >= 4 is 23.2 Å². The number of amides is 1. The maximum Gasteiger partial charge on any atom is 0.389 e. The van der Waals surface area contributed by atoms with Gasteiger partial charge in [-0.05, 0) is 19.1 Å². The highest BCUT2D eigenvalue weighted by molar-refractivity contribution is 6.32. The number of hydrogen-bond donors (Lipinski definition) is 0. The van der Waals surface area contributed by atoms with Crippen molar-refractivity contribution < 1.29 is 18.0 Å². The van der Waals surface area contributed by atoms with Crippen LogP contribution in [-0.2, 0) is 4.79 Å². The van der Waals surface area contributed by atoms with Gasteiger partial charge in [0.2, 0.25) is 5.91 Å². The zero-order chi connectivity index (χ0) is 17.0. The number of anilines is 1. The van der Waals surface area contributed by atoms with Crippen LogP contribution in [0.4, 0.5) is 18.9 Å². The molecule has 2 heterocycles. The molecule has 9 heteroatoms. The van der Waals surface area contributed by atoms with Gasteiger partial charge in [0.25, 0.3) is 0 Å². The molecule has 2 rings (SSSR count). The van der Waals surface area contributed by atoms with Crippen LogP contribution in [0.25, 0.3) is 5.69 Å². The maximum absolute atomic E-state index is 12.3. The van der Waals surface area contributed by atoms with E-state index in [2.05, 4.69) is 10.1 Å². The van der Waals surface area contributed by atoms with Gasteiger partial charge in [0.05, 0.1) is 24.5 Å². The molecule has 23 heavy (non-hydrogen) atoms. The van der Waals surface area contributed by atoms with Gasteiger partial charge >= 0.3 is 6.18 Å². The van der Waals surface area contributed by atoms with E-state index in [1.165, 1.54) is 15.8 Å². The van der Waals surface area contributed by atoms with Crippen molar-refractivity contribution in [1.29, 1.82) is 0 Å². The maximum atomic E-state index is 12.3. The molecule has 0 saturated carbocycles. The summed E-state index contributed by atoms with van der Waals surface area (Å²) in [5.41, 5.74) is 0.893. The van der Waals surface area contributed by atoms with E-state index < -0.39 is 24.9 Å². The van der Waals surface area contributed by atoms with E-state index in [1.54, 1.807) is 31.5 Å². The highest BCUT2D eigenvalue weighted by atomic mass is 35.5. The first kappa shape index (κ1) is 17.3. The third-order valence-corrected chi connectivity index (χ3v) is 3.36. The molecule has 0 bridgehead atoms. The third kappa shape index (κ3) is 4.44. The van der Waals surface area contributed by atoms with Crippen LogP contribution in [0.2, 0.25) is 5.15 Å². The first-order valence-corrected chi connectivity index (χ1v) is 7.22. The van der Waals surface area contributed by atoms with Crippen LogP contribution >= 0.6 is 11.6 Å². The predicted molar refractivity (Wildman–Crippen MR) is 79.7 cm³/mol. The van der Waals surface area contributed by atoms with Crippen molar-refractivity contribution in [3.05, 3.63) is 35.9 Å². The molecule has 0 aliphatic rings. The molecule has 0 radical (unpaired) electrons. The molecule has 0 spiro atoms. The van der Waals surface area contributed by atoms with Crippen molar-refractivity contribution in [2.45, 2.75) is 25.9 Å². The molecule has 0 atom stereocenters. The lowest BCUT2D eigenvalue weighted by Crippen LogP contribution is -2.31. The Labute approximate surface area is 135 Å². The van der Waals surface area contributed by atoms with E-state index >= 15 is 0 Å². The molecule has 124 valence electrons. The third-order valence-electron chi connectivity index (χ3n) is 3.09. The molecular formula is C14H14ClF3N4O. The Bertz CT molecular complexity index is 672. The summed E-state index contributed by atoms with van der Waals surface area (Å²) in [6.45, 7) is 1.85. The molecule has 0 N–H and O–H groups in total. The van der Waals surface area contributed by atoms with Gasteiger partial charge in [-0.3, -0.25) is 9.78 Å². The molecule has 0 aliphatic carbocycles. The molecule has 0 fully saturated rings. The Balaban J connectivity index is 2.21. The van der Waals surface area contributed by atoms with Gasteiger partial charge in [-0.1, -0.05) is 11.6 Å². The standard InChI is InChI=1S/C14H14ClF3N4O/c1-2-21(12(23)5-6-14(16,17)18)11-9-22(20-13(11)15)10-4-3-7-19-8-10/h3-4,7-9H,2,5-6H2,1H3. The summed E-state index contributed by atoms with van der Waals surface area (Å²) in [5.74, 6) is -0.655. The number of rotatable bonds is 5. The summed E-state index contributed by atoms with van der Waals surface area (Å²) in [7, 11) is 0. The molecule has 0 unspecified atom stereocenters. The number of aromatic nitrogens is 3. The first-order chi connectivity index (χ1) is 10.8. The second-order valence-electron chi connectivity index (χ2n) is 4.71. The van der Waals surface area contributed by atoms with Gasteiger partial charge in [0, 0.05) is 19.2 Å². The number of nitrogens with zero attached hydrogens (tertiary/aromatic N) is 4. The molecule has 1 amide bonds. The van der Waals surface area contributed by atoms with Crippen LogP contribution in [-0.4, -0.2) is 33.4 Å². The molecule has 2 aromatic heterocycles. The minimum absolute atomic E-state index is 0.0380. The predicted octanol–water partition coefficient (Wildman–Crippen LogP) is 3.62. The quantitative estimate of drug-likeness (QED) is 0.831. The van der Waals surface area contributed by atoms with Crippen molar-refractivity contribution in [2.24, 2.45) is 0 Å². The number of hydrogen-bond acceptors (Lipinski definition) is 3. The van der Waals surface area contributed by atoms with Crippen molar-refractivity contribution in [1.82, 2.24) is 14.8 Å². The summed E-state index contributed by atoms with van der Waals surface area (Å²) in [6, 6.07) is 3.44.